The zero-order chi connectivity index (χ0) is 13.3. The molecule has 0 aliphatic rings. The van der Waals surface area contributed by atoms with E-state index in [1.165, 1.54) is 0 Å². The van der Waals surface area contributed by atoms with E-state index in [1.807, 2.05) is 0 Å². The van der Waals surface area contributed by atoms with Crippen LogP contribution in [0.1, 0.15) is 17.4 Å². The van der Waals surface area contributed by atoms with E-state index >= 15 is 0 Å². The molecule has 0 saturated heterocycles. The van der Waals surface area contributed by atoms with E-state index in [9.17, 15) is 26.4 Å². The normalized spacial score (nSPS) is 12.2. The third-order valence-corrected chi connectivity index (χ3v) is 2.56. The van der Waals surface area contributed by atoms with E-state index in [0.717, 1.165) is 25.3 Å². The second-order valence-electron chi connectivity index (χ2n) is 2.92. The van der Waals surface area contributed by atoms with Crippen molar-refractivity contribution >= 4 is 15.9 Å². The number of alkyl halides is 3. The Kier molecular flexibility index (Phi) is 3.41. The van der Waals surface area contributed by atoms with Gasteiger partial charge >= 0.3 is 15.6 Å². The van der Waals surface area contributed by atoms with Crippen molar-refractivity contribution in [1.29, 1.82) is 0 Å². The number of nitrogens with zero attached hydrogens (tertiary/aromatic N) is 1. The highest BCUT2D eigenvalue weighted by atomic mass is 32.2. The van der Waals surface area contributed by atoms with Gasteiger partial charge in [0.2, 0.25) is 0 Å². The summed E-state index contributed by atoms with van der Waals surface area (Å²) >= 11 is 0. The van der Waals surface area contributed by atoms with Crippen molar-refractivity contribution in [1.82, 2.24) is 4.98 Å². The molecular weight excluding hydrogens is 263 g/mol. The van der Waals surface area contributed by atoms with Crippen LogP contribution in [0, 0.1) is 0 Å². The third kappa shape index (κ3) is 3.16. The third-order valence-electron chi connectivity index (χ3n) is 1.58. The number of ketones is 1. The monoisotopic (exact) mass is 269 g/mol. The van der Waals surface area contributed by atoms with E-state index in [1.54, 1.807) is 0 Å². The minimum Gasteiger partial charge on any atom is -0.376 e. The molecule has 9 heteroatoms. The van der Waals surface area contributed by atoms with Crippen molar-refractivity contribution in [3.63, 3.8) is 0 Å². The van der Waals surface area contributed by atoms with Gasteiger partial charge in [-0.15, -0.1) is 0 Å². The smallest absolute Gasteiger partial charge is 0.376 e. The lowest BCUT2D eigenvalue weighted by atomic mass is 10.3. The van der Waals surface area contributed by atoms with Crippen LogP contribution in [-0.2, 0) is 10.1 Å². The number of Topliss-reactive ketones (excluding diaryl/α,β-unsaturated/α-hetero) is 1. The summed E-state index contributed by atoms with van der Waals surface area (Å²) in [5, 5.41) is 0. The molecule has 0 unspecified atom stereocenters. The molecule has 5 nitrogen and oxygen atoms in total. The maximum Gasteiger partial charge on any atom is 0.534 e. The highest BCUT2D eigenvalue weighted by molar-refractivity contribution is 7.87. The summed E-state index contributed by atoms with van der Waals surface area (Å²) in [6.07, 6.45) is 0.970. The highest BCUT2D eigenvalue weighted by Crippen LogP contribution is 2.26. The number of carbonyl (C=O) groups excluding carboxylic acids is 1. The molecule has 1 rings (SSSR count). The molecule has 0 fully saturated rings. The van der Waals surface area contributed by atoms with Crippen molar-refractivity contribution in [3.8, 4) is 5.75 Å². The summed E-state index contributed by atoms with van der Waals surface area (Å²) < 4.78 is 61.1. The van der Waals surface area contributed by atoms with Crippen LogP contribution >= 0.6 is 0 Å². The van der Waals surface area contributed by atoms with Gasteiger partial charge in [-0.05, 0) is 0 Å². The Morgan fingerprint density at radius 3 is 2.47 bits per heavy atom. The maximum atomic E-state index is 12.0. The Labute approximate surface area is 94.4 Å². The Balaban J connectivity index is 3.05. The quantitative estimate of drug-likeness (QED) is 0.472. The minimum absolute atomic E-state index is 0.195. The fourth-order valence-corrected chi connectivity index (χ4v) is 1.28. The summed E-state index contributed by atoms with van der Waals surface area (Å²) in [5.41, 5.74) is -5.72. The van der Waals surface area contributed by atoms with Crippen molar-refractivity contribution in [2.45, 2.75) is 12.4 Å². The Morgan fingerprint density at radius 1 is 1.41 bits per heavy atom. The van der Waals surface area contributed by atoms with Gasteiger partial charge in [-0.1, -0.05) is 0 Å². The second-order valence-corrected chi connectivity index (χ2v) is 4.45. The Hall–Kier alpha value is -1.64. The molecule has 94 valence electrons. The molecule has 0 aliphatic heterocycles. The fraction of sp³-hybridized carbons (Fsp3) is 0.250. The largest absolute Gasteiger partial charge is 0.534 e. The molecule has 0 aromatic carbocycles. The topological polar surface area (TPSA) is 73.3 Å². The lowest BCUT2D eigenvalue weighted by Crippen LogP contribution is -2.28. The average molecular weight is 269 g/mol. The van der Waals surface area contributed by atoms with E-state index in [-0.39, 0.29) is 5.69 Å². The maximum absolute atomic E-state index is 12.0. The SMILES string of the molecule is CC(=O)c1cc(OS(=O)(=O)C(F)(F)F)ccn1. The van der Waals surface area contributed by atoms with Crippen LogP contribution in [0.25, 0.3) is 0 Å². The predicted octanol–water partition coefficient (Wildman–Crippen LogP) is 1.51. The van der Waals surface area contributed by atoms with Crippen LogP contribution in [0.4, 0.5) is 13.2 Å². The van der Waals surface area contributed by atoms with Crippen molar-refractivity contribution in [3.05, 3.63) is 24.0 Å². The van der Waals surface area contributed by atoms with E-state index in [2.05, 4.69) is 9.17 Å². The molecule has 0 N–H and O–H groups in total. The van der Waals surface area contributed by atoms with Crippen molar-refractivity contribution in [2.24, 2.45) is 0 Å². The van der Waals surface area contributed by atoms with Gasteiger partial charge in [-0.25, -0.2) is 0 Å². The summed E-state index contributed by atoms with van der Waals surface area (Å²) in [7, 11) is -5.73. The average Bonchev–Trinajstić information content (AvgIpc) is 2.15. The molecule has 0 amide bonds. The molecular formula is C8H6F3NO4S. The van der Waals surface area contributed by atoms with Crippen LogP contribution < -0.4 is 4.18 Å². The van der Waals surface area contributed by atoms with Gasteiger partial charge in [-0.3, -0.25) is 9.78 Å². The summed E-state index contributed by atoms with van der Waals surface area (Å²) in [6, 6.07) is 1.71. The summed E-state index contributed by atoms with van der Waals surface area (Å²) in [4.78, 5) is 14.4. The van der Waals surface area contributed by atoms with Crippen LogP contribution in [-0.4, -0.2) is 24.7 Å². The molecule has 1 aromatic heterocycles. The van der Waals surface area contributed by atoms with Crippen LogP contribution in [0.3, 0.4) is 0 Å². The highest BCUT2D eigenvalue weighted by Gasteiger charge is 2.48. The first-order chi connectivity index (χ1) is 7.63. The van der Waals surface area contributed by atoms with Gasteiger partial charge in [-0.2, -0.15) is 21.6 Å². The van der Waals surface area contributed by atoms with Crippen LogP contribution in [0.5, 0.6) is 5.75 Å². The number of halogens is 3. The van der Waals surface area contributed by atoms with Gasteiger partial charge in [0.05, 0.1) is 0 Å². The molecule has 0 aliphatic carbocycles. The number of aromatic nitrogens is 1. The summed E-state index contributed by atoms with van der Waals surface area (Å²) in [5.74, 6) is -1.15. The fourth-order valence-electron chi connectivity index (χ4n) is 0.829. The number of hydrogen-bond donors (Lipinski definition) is 0. The zero-order valence-electron chi connectivity index (χ0n) is 8.35. The molecule has 0 radical (unpaired) electrons. The van der Waals surface area contributed by atoms with Gasteiger partial charge in [0, 0.05) is 25.3 Å². The lowest BCUT2D eigenvalue weighted by molar-refractivity contribution is -0.0500. The molecule has 0 saturated carbocycles. The summed E-state index contributed by atoms with van der Waals surface area (Å²) in [6.45, 7) is 1.13. The molecule has 17 heavy (non-hydrogen) atoms. The molecule has 1 aromatic rings. The van der Waals surface area contributed by atoms with E-state index < -0.39 is 27.2 Å². The predicted molar refractivity (Wildman–Crippen MR) is 49.8 cm³/mol. The zero-order valence-corrected chi connectivity index (χ0v) is 9.17. The van der Waals surface area contributed by atoms with Crippen molar-refractivity contribution in [2.75, 3.05) is 0 Å². The number of rotatable bonds is 3. The molecule has 0 spiro atoms. The molecule has 1 heterocycles. The van der Waals surface area contributed by atoms with Gasteiger partial charge in [0.25, 0.3) is 0 Å². The molecule has 0 atom stereocenters. The Morgan fingerprint density at radius 2 is 2.00 bits per heavy atom. The van der Waals surface area contributed by atoms with E-state index in [0.29, 0.717) is 0 Å². The van der Waals surface area contributed by atoms with Gasteiger partial charge in [0.1, 0.15) is 11.4 Å². The Bertz CT molecular complexity index is 538. The number of hydrogen-bond acceptors (Lipinski definition) is 5. The number of pyridine rings is 1. The lowest BCUT2D eigenvalue weighted by Gasteiger charge is -2.09. The second kappa shape index (κ2) is 4.32. The minimum atomic E-state index is -5.73. The first-order valence-corrected chi connectivity index (χ1v) is 5.52. The van der Waals surface area contributed by atoms with Crippen LogP contribution in [0.15, 0.2) is 18.3 Å². The van der Waals surface area contributed by atoms with Crippen molar-refractivity contribution < 1.29 is 30.6 Å². The van der Waals surface area contributed by atoms with Gasteiger partial charge in [0.15, 0.2) is 5.78 Å². The standard InChI is InChI=1S/C8H6F3NO4S/c1-5(13)7-4-6(2-3-12-7)16-17(14,15)8(9,10)11/h2-4H,1H3. The van der Waals surface area contributed by atoms with Gasteiger partial charge < -0.3 is 4.18 Å². The first kappa shape index (κ1) is 13.4. The number of carbonyl (C=O) groups is 1. The first-order valence-electron chi connectivity index (χ1n) is 4.11. The van der Waals surface area contributed by atoms with Crippen LogP contribution in [0.2, 0.25) is 0 Å². The molecule has 0 bridgehead atoms. The van der Waals surface area contributed by atoms with E-state index in [4.69, 9.17) is 0 Å².